The van der Waals surface area contributed by atoms with Crippen LogP contribution in [0.2, 0.25) is 5.32 Å². The van der Waals surface area contributed by atoms with Crippen molar-refractivity contribution in [2.45, 2.75) is 18.7 Å². The van der Waals surface area contributed by atoms with E-state index in [1.54, 1.807) is 6.08 Å². The van der Waals surface area contributed by atoms with Gasteiger partial charge in [0.05, 0.1) is 0 Å². The summed E-state index contributed by atoms with van der Waals surface area (Å²) in [6, 6.07) is 10.2. The predicted molar refractivity (Wildman–Crippen MR) is 76.9 cm³/mol. The molecule has 4 heteroatoms. The number of carbonyl (C=O) groups excluding carboxylic acids is 2. The van der Waals surface area contributed by atoms with Gasteiger partial charge in [-0.2, -0.15) is 0 Å². The molecule has 1 heterocycles. The molecule has 1 saturated heterocycles. The van der Waals surface area contributed by atoms with Gasteiger partial charge in [-0.3, -0.25) is 0 Å². The third kappa shape index (κ3) is 2.13. The van der Waals surface area contributed by atoms with Crippen LogP contribution in [0.1, 0.15) is 13.3 Å². The minimum absolute atomic E-state index is 0.0245. The number of ketones is 1. The third-order valence-corrected chi connectivity index (χ3v) is 6.51. The Bertz CT molecular complexity index is 579. The van der Waals surface area contributed by atoms with Gasteiger partial charge in [0, 0.05) is 0 Å². The van der Waals surface area contributed by atoms with Gasteiger partial charge in [0.15, 0.2) is 0 Å². The molecule has 0 N–H and O–H groups in total. The Hall–Kier alpha value is -1.38. The number of hydrogen-bond donors (Lipinski definition) is 0. The molecule has 1 aromatic carbocycles. The van der Waals surface area contributed by atoms with E-state index >= 15 is 0 Å². The maximum absolute atomic E-state index is 12.3. The van der Waals surface area contributed by atoms with Crippen LogP contribution in [0.25, 0.3) is 0 Å². The van der Waals surface area contributed by atoms with Gasteiger partial charge < -0.3 is 0 Å². The molecule has 3 rings (SSSR count). The molecule has 2 aliphatic rings. The molecule has 2 atom stereocenters. The first kappa shape index (κ1) is 13.6. The zero-order chi connectivity index (χ0) is 14.2. The fraction of sp³-hybridized carbons (Fsp3) is 0.375. The van der Waals surface area contributed by atoms with Crippen molar-refractivity contribution in [1.82, 2.24) is 0 Å². The summed E-state index contributed by atoms with van der Waals surface area (Å²) in [6.07, 6.45) is 2.16. The molecule has 1 aromatic rings. The molecule has 0 radical (unpaired) electrons. The van der Waals surface area contributed by atoms with Crippen molar-refractivity contribution in [2.24, 2.45) is 11.3 Å². The molecule has 0 saturated carbocycles. The number of ether oxygens (including phenoxy) is 1. The van der Waals surface area contributed by atoms with E-state index in [2.05, 4.69) is 12.1 Å². The molecule has 2 unspecified atom stereocenters. The van der Waals surface area contributed by atoms with Crippen LogP contribution < -0.4 is 4.46 Å². The van der Waals surface area contributed by atoms with Crippen molar-refractivity contribution in [2.75, 3.05) is 6.61 Å². The average molecular weight is 335 g/mol. The first-order valence-electron chi connectivity index (χ1n) is 6.69. The Morgan fingerprint density at radius 1 is 1.30 bits per heavy atom. The Balaban J connectivity index is 1.76. The molecule has 3 nitrogen and oxygen atoms in total. The van der Waals surface area contributed by atoms with Gasteiger partial charge in [-0.15, -0.1) is 0 Å². The van der Waals surface area contributed by atoms with Gasteiger partial charge in [-0.05, 0) is 0 Å². The minimum atomic E-state index is -0.902. The number of carbonyl (C=O) groups is 2. The SMILES string of the molecule is CC1=CC(=O)C2(C1)C(=O)OCC2C[Se]c1ccccc1. The summed E-state index contributed by atoms with van der Waals surface area (Å²) >= 11 is 0.268. The van der Waals surface area contributed by atoms with Crippen LogP contribution in [0.5, 0.6) is 0 Å². The summed E-state index contributed by atoms with van der Waals surface area (Å²) in [7, 11) is 0. The van der Waals surface area contributed by atoms with E-state index in [0.717, 1.165) is 10.9 Å². The Kier molecular flexibility index (Phi) is 3.53. The summed E-state index contributed by atoms with van der Waals surface area (Å²) in [5.41, 5.74) is 0.0896. The number of allylic oxidation sites excluding steroid dienone is 2. The van der Waals surface area contributed by atoms with Gasteiger partial charge in [-0.1, -0.05) is 0 Å². The number of benzene rings is 1. The molecular formula is C16H16O3Se. The van der Waals surface area contributed by atoms with Crippen molar-refractivity contribution >= 4 is 31.2 Å². The number of rotatable bonds is 3. The monoisotopic (exact) mass is 336 g/mol. The number of hydrogen-bond acceptors (Lipinski definition) is 3. The molecular weight excluding hydrogens is 319 g/mol. The van der Waals surface area contributed by atoms with Gasteiger partial charge in [0.25, 0.3) is 0 Å². The molecule has 0 aromatic heterocycles. The van der Waals surface area contributed by atoms with Gasteiger partial charge >= 0.3 is 124 Å². The van der Waals surface area contributed by atoms with Crippen LogP contribution in [-0.4, -0.2) is 33.3 Å². The molecule has 104 valence electrons. The second kappa shape index (κ2) is 5.19. The van der Waals surface area contributed by atoms with E-state index in [1.807, 2.05) is 25.1 Å². The van der Waals surface area contributed by atoms with Crippen LogP contribution in [0.4, 0.5) is 0 Å². The van der Waals surface area contributed by atoms with Crippen molar-refractivity contribution < 1.29 is 14.3 Å². The van der Waals surface area contributed by atoms with E-state index in [4.69, 9.17) is 4.74 Å². The summed E-state index contributed by atoms with van der Waals surface area (Å²) in [6.45, 7) is 2.30. The average Bonchev–Trinajstić information content (AvgIpc) is 2.91. The van der Waals surface area contributed by atoms with Gasteiger partial charge in [0.2, 0.25) is 0 Å². The van der Waals surface area contributed by atoms with Crippen LogP contribution >= 0.6 is 0 Å². The molecule has 1 aliphatic heterocycles. The maximum atomic E-state index is 12.3. The Labute approximate surface area is 124 Å². The molecule has 1 aliphatic carbocycles. The summed E-state index contributed by atoms with van der Waals surface area (Å²) < 4.78 is 6.52. The summed E-state index contributed by atoms with van der Waals surface area (Å²) in [5, 5.41) is 0.871. The fourth-order valence-electron chi connectivity index (χ4n) is 2.97. The van der Waals surface area contributed by atoms with E-state index in [0.29, 0.717) is 13.0 Å². The van der Waals surface area contributed by atoms with Crippen LogP contribution in [0.3, 0.4) is 0 Å². The molecule has 0 amide bonds. The van der Waals surface area contributed by atoms with Crippen molar-refractivity contribution in [1.29, 1.82) is 0 Å². The number of esters is 1. The Morgan fingerprint density at radius 2 is 2.05 bits per heavy atom. The molecule has 0 bridgehead atoms. The molecule has 1 fully saturated rings. The van der Waals surface area contributed by atoms with Crippen molar-refractivity contribution in [3.05, 3.63) is 42.0 Å². The van der Waals surface area contributed by atoms with Gasteiger partial charge in [0.1, 0.15) is 0 Å². The quantitative estimate of drug-likeness (QED) is 0.478. The first-order chi connectivity index (χ1) is 9.63. The van der Waals surface area contributed by atoms with E-state index in [9.17, 15) is 9.59 Å². The number of cyclic esters (lactones) is 1. The summed E-state index contributed by atoms with van der Waals surface area (Å²) in [5.74, 6) is -0.341. The van der Waals surface area contributed by atoms with E-state index < -0.39 is 5.41 Å². The van der Waals surface area contributed by atoms with Crippen molar-refractivity contribution in [3.8, 4) is 0 Å². The van der Waals surface area contributed by atoms with Crippen LogP contribution in [0, 0.1) is 11.3 Å². The first-order valence-corrected chi connectivity index (χ1v) is 8.76. The standard InChI is InChI=1S/C16H16O3Se/c1-11-7-14(17)16(8-11)12(9-19-15(16)18)10-20-13-5-3-2-4-6-13/h2-7,12H,8-10H2,1H3. The Morgan fingerprint density at radius 3 is 2.70 bits per heavy atom. The van der Waals surface area contributed by atoms with Crippen molar-refractivity contribution in [3.63, 3.8) is 0 Å². The predicted octanol–water partition coefficient (Wildman–Crippen LogP) is 1.51. The van der Waals surface area contributed by atoms with E-state index in [1.165, 1.54) is 4.46 Å². The van der Waals surface area contributed by atoms with Gasteiger partial charge in [-0.25, -0.2) is 0 Å². The van der Waals surface area contributed by atoms with Crippen LogP contribution in [0.15, 0.2) is 42.0 Å². The molecule has 20 heavy (non-hydrogen) atoms. The van der Waals surface area contributed by atoms with Crippen LogP contribution in [-0.2, 0) is 14.3 Å². The summed E-state index contributed by atoms with van der Waals surface area (Å²) in [4.78, 5) is 24.4. The topological polar surface area (TPSA) is 43.4 Å². The normalized spacial score (nSPS) is 28.9. The second-order valence-electron chi connectivity index (χ2n) is 5.42. The second-order valence-corrected chi connectivity index (χ2v) is 7.72. The van der Waals surface area contributed by atoms with E-state index in [-0.39, 0.29) is 32.6 Å². The zero-order valence-electron chi connectivity index (χ0n) is 11.3. The molecule has 1 spiro atoms. The third-order valence-electron chi connectivity index (χ3n) is 4.05. The zero-order valence-corrected chi connectivity index (χ0v) is 13.0. The fourth-order valence-corrected chi connectivity index (χ4v) is 5.32.